The van der Waals surface area contributed by atoms with Crippen molar-refractivity contribution >= 4 is 12.1 Å². The van der Waals surface area contributed by atoms with Crippen molar-refractivity contribution < 1.29 is 14.3 Å². The van der Waals surface area contributed by atoms with Gasteiger partial charge in [0, 0.05) is 31.3 Å². The van der Waals surface area contributed by atoms with Gasteiger partial charge in [0.25, 0.3) is 5.56 Å². The Kier molecular flexibility index (Phi) is 8.92. The highest BCUT2D eigenvalue weighted by Crippen LogP contribution is 2.25. The highest BCUT2D eigenvalue weighted by Gasteiger charge is 2.35. The van der Waals surface area contributed by atoms with Crippen molar-refractivity contribution in [3.63, 3.8) is 0 Å². The predicted molar refractivity (Wildman–Crippen MR) is 138 cm³/mol. The Morgan fingerprint density at radius 1 is 1.11 bits per heavy atom. The van der Waals surface area contributed by atoms with E-state index >= 15 is 0 Å². The van der Waals surface area contributed by atoms with E-state index in [0.29, 0.717) is 13.0 Å². The molecule has 0 aliphatic heterocycles. The summed E-state index contributed by atoms with van der Waals surface area (Å²) in [6.45, 7) is 7.81. The van der Waals surface area contributed by atoms with E-state index in [1.54, 1.807) is 37.5 Å². The molecule has 0 spiro atoms. The molecule has 1 saturated carbocycles. The highest BCUT2D eigenvalue weighted by atomic mass is 16.6. The lowest BCUT2D eigenvalue weighted by Crippen LogP contribution is -2.53. The van der Waals surface area contributed by atoms with Gasteiger partial charge in [0.1, 0.15) is 11.6 Å². The molecule has 1 heterocycles. The van der Waals surface area contributed by atoms with Gasteiger partial charge in [-0.15, -0.1) is 0 Å². The van der Waals surface area contributed by atoms with Gasteiger partial charge >= 0.3 is 12.1 Å². The number of hydrogen-bond donors (Lipinski definition) is 1. The molecule has 0 saturated heterocycles. The molecule has 0 radical (unpaired) electrons. The van der Waals surface area contributed by atoms with Crippen LogP contribution in [0.3, 0.4) is 0 Å². The van der Waals surface area contributed by atoms with Crippen LogP contribution in [0.5, 0.6) is 0 Å². The monoisotopic (exact) mass is 492 g/mol. The summed E-state index contributed by atoms with van der Waals surface area (Å²) in [4.78, 5) is 39.1. The molecule has 3 amide bonds. The largest absolute Gasteiger partial charge is 0.443 e. The lowest BCUT2D eigenvalue weighted by atomic mass is 9.94. The van der Waals surface area contributed by atoms with Gasteiger partial charge in [0.2, 0.25) is 0 Å². The lowest BCUT2D eigenvalue weighted by molar-refractivity contribution is 0.0220. The van der Waals surface area contributed by atoms with E-state index in [-0.39, 0.29) is 11.6 Å². The molecule has 1 aromatic heterocycles. The lowest BCUT2D eigenvalue weighted by Gasteiger charge is -2.34. The second kappa shape index (κ2) is 11.9. The van der Waals surface area contributed by atoms with Gasteiger partial charge in [-0.1, -0.05) is 43.5 Å². The third kappa shape index (κ3) is 7.20. The molecule has 36 heavy (non-hydrogen) atoms. The number of aromatic nitrogens is 1. The molecule has 1 atom stereocenters. The van der Waals surface area contributed by atoms with E-state index < -0.39 is 23.8 Å². The molecule has 1 aliphatic carbocycles. The fourth-order valence-corrected chi connectivity index (χ4v) is 4.41. The molecule has 2 aromatic rings. The molecule has 8 nitrogen and oxygen atoms in total. The quantitative estimate of drug-likeness (QED) is 0.593. The Hall–Kier alpha value is -3.60. The van der Waals surface area contributed by atoms with Gasteiger partial charge in [-0.3, -0.25) is 4.79 Å². The first-order valence-corrected chi connectivity index (χ1v) is 12.6. The number of ether oxygens (including phenoxy) is 1. The van der Waals surface area contributed by atoms with Crippen molar-refractivity contribution in [1.82, 2.24) is 14.8 Å². The topological polar surface area (TPSA) is 104 Å². The Morgan fingerprint density at radius 3 is 2.33 bits per heavy atom. The number of amides is 3. The summed E-state index contributed by atoms with van der Waals surface area (Å²) in [5.41, 5.74) is 1.97. The Morgan fingerprint density at radius 2 is 1.75 bits per heavy atom. The molecular weight excluding hydrogens is 456 g/mol. The number of nitrogens with zero attached hydrogens (tertiary/aromatic N) is 3. The first-order valence-electron chi connectivity index (χ1n) is 12.6. The average molecular weight is 493 g/mol. The maximum absolute atomic E-state index is 13.2. The molecule has 0 unspecified atom stereocenters. The Balaban J connectivity index is 1.71. The third-order valence-electron chi connectivity index (χ3n) is 6.25. The molecular formula is C28H36N4O4. The molecule has 0 bridgehead atoms. The average Bonchev–Trinajstić information content (AvgIpc) is 2.84. The number of rotatable bonds is 6. The second-order valence-corrected chi connectivity index (χ2v) is 10.2. The summed E-state index contributed by atoms with van der Waals surface area (Å²) in [5, 5.41) is 12.5. The first-order chi connectivity index (χ1) is 17.1. The van der Waals surface area contributed by atoms with E-state index in [9.17, 15) is 19.6 Å². The number of carbonyl (C=O) groups is 2. The molecule has 8 heteroatoms. The van der Waals surface area contributed by atoms with E-state index in [4.69, 9.17) is 4.74 Å². The van der Waals surface area contributed by atoms with Crippen LogP contribution in [0.2, 0.25) is 0 Å². The number of nitriles is 1. The summed E-state index contributed by atoms with van der Waals surface area (Å²) in [6, 6.07) is 11.5. The van der Waals surface area contributed by atoms with Crippen LogP contribution in [-0.4, -0.2) is 39.3 Å². The number of imide groups is 1. The second-order valence-electron chi connectivity index (χ2n) is 10.2. The van der Waals surface area contributed by atoms with Crippen LogP contribution in [0.25, 0.3) is 11.1 Å². The fraction of sp³-hybridized carbons (Fsp3) is 0.500. The number of carbonyl (C=O) groups excluding carboxylic acids is 2. The Labute approximate surface area is 212 Å². The minimum Gasteiger partial charge on any atom is -0.443 e. The SMILES string of the molecule is CCn1cc(-c2ccc(C[C@@H](C#N)NC(=O)N(C(=O)OC(C)(C)C)C3CCCCC3)cc2)ccc1=O. The van der Waals surface area contributed by atoms with Gasteiger partial charge < -0.3 is 14.6 Å². The molecule has 1 fully saturated rings. The van der Waals surface area contributed by atoms with Crippen LogP contribution >= 0.6 is 0 Å². The van der Waals surface area contributed by atoms with Gasteiger partial charge in [-0.25, -0.2) is 14.5 Å². The van der Waals surface area contributed by atoms with Gasteiger partial charge in [0.05, 0.1) is 6.07 Å². The standard InChI is InChI=1S/C28H36N4O4/c1-5-31-19-22(15-16-25(31)33)21-13-11-20(12-14-21)17-23(18-29)30-26(34)32(24-9-7-6-8-10-24)27(35)36-28(2,3)4/h11-16,19,23-24H,5-10,17H2,1-4H3,(H,30,34)/t23-/m0/s1. The number of urea groups is 1. The highest BCUT2D eigenvalue weighted by molar-refractivity contribution is 5.91. The van der Waals surface area contributed by atoms with E-state index in [0.717, 1.165) is 48.8 Å². The van der Waals surface area contributed by atoms with E-state index in [2.05, 4.69) is 11.4 Å². The van der Waals surface area contributed by atoms with E-state index in [1.807, 2.05) is 37.4 Å². The van der Waals surface area contributed by atoms with Crippen molar-refractivity contribution in [3.05, 3.63) is 58.5 Å². The van der Waals surface area contributed by atoms with Gasteiger partial charge in [0.15, 0.2) is 0 Å². The van der Waals surface area contributed by atoms with Crippen LogP contribution < -0.4 is 10.9 Å². The maximum Gasteiger partial charge on any atom is 0.418 e. The smallest absolute Gasteiger partial charge is 0.418 e. The molecule has 1 N–H and O–H groups in total. The van der Waals surface area contributed by atoms with Crippen LogP contribution in [0.15, 0.2) is 47.4 Å². The minimum absolute atomic E-state index is 0.0425. The zero-order valence-corrected chi connectivity index (χ0v) is 21.6. The zero-order chi connectivity index (χ0) is 26.3. The molecule has 1 aromatic carbocycles. The van der Waals surface area contributed by atoms with Crippen LogP contribution in [0.1, 0.15) is 65.4 Å². The summed E-state index contributed by atoms with van der Waals surface area (Å²) < 4.78 is 7.15. The van der Waals surface area contributed by atoms with Crippen molar-refractivity contribution in [2.75, 3.05) is 0 Å². The maximum atomic E-state index is 13.2. The van der Waals surface area contributed by atoms with Crippen molar-refractivity contribution in [3.8, 4) is 17.2 Å². The summed E-state index contributed by atoms with van der Waals surface area (Å²) >= 11 is 0. The summed E-state index contributed by atoms with van der Waals surface area (Å²) in [5.74, 6) is 0. The fourth-order valence-electron chi connectivity index (χ4n) is 4.41. The number of benzene rings is 1. The van der Waals surface area contributed by atoms with Crippen LogP contribution in [0.4, 0.5) is 9.59 Å². The van der Waals surface area contributed by atoms with Crippen LogP contribution in [-0.2, 0) is 17.7 Å². The van der Waals surface area contributed by atoms with Crippen molar-refractivity contribution in [2.24, 2.45) is 0 Å². The Bertz CT molecular complexity index is 1150. The summed E-state index contributed by atoms with van der Waals surface area (Å²) in [7, 11) is 0. The predicted octanol–water partition coefficient (Wildman–Crippen LogP) is 5.25. The minimum atomic E-state index is -0.807. The van der Waals surface area contributed by atoms with Crippen LogP contribution in [0, 0.1) is 11.3 Å². The number of hydrogen-bond acceptors (Lipinski definition) is 5. The normalized spacial score (nSPS) is 15.0. The van der Waals surface area contributed by atoms with E-state index in [1.165, 1.54) is 4.90 Å². The summed E-state index contributed by atoms with van der Waals surface area (Å²) in [6.07, 6.45) is 5.88. The molecule has 192 valence electrons. The third-order valence-corrected chi connectivity index (χ3v) is 6.25. The molecule has 1 aliphatic rings. The van der Waals surface area contributed by atoms with Crippen molar-refractivity contribution in [1.29, 1.82) is 5.26 Å². The van der Waals surface area contributed by atoms with Gasteiger partial charge in [-0.05, 0) is 63.3 Å². The van der Waals surface area contributed by atoms with Crippen molar-refractivity contribution in [2.45, 2.75) is 90.4 Å². The first kappa shape index (κ1) is 27.0. The van der Waals surface area contributed by atoms with Gasteiger partial charge in [-0.2, -0.15) is 5.26 Å². The molecule has 3 rings (SSSR count). The number of nitrogens with one attached hydrogen (secondary N) is 1. The number of aryl methyl sites for hydroxylation is 1. The number of pyridine rings is 1. The zero-order valence-electron chi connectivity index (χ0n) is 21.6.